The number of halogens is 2. The minimum atomic E-state index is -0.536. The second kappa shape index (κ2) is 5.34. The predicted molar refractivity (Wildman–Crippen MR) is 77.3 cm³/mol. The molecule has 98 valence electrons. The molecule has 5 nitrogen and oxygen atoms in total. The van der Waals surface area contributed by atoms with Crippen molar-refractivity contribution >= 4 is 46.0 Å². The topological polar surface area (TPSA) is 81.2 Å². The quantitative estimate of drug-likeness (QED) is 0.505. The van der Waals surface area contributed by atoms with Crippen LogP contribution in [-0.4, -0.2) is 4.92 Å². The number of rotatable bonds is 3. The van der Waals surface area contributed by atoms with Crippen LogP contribution in [0, 0.1) is 10.1 Å². The maximum absolute atomic E-state index is 10.7. The van der Waals surface area contributed by atoms with Gasteiger partial charge in [0.1, 0.15) is 5.69 Å². The van der Waals surface area contributed by atoms with Crippen molar-refractivity contribution in [1.82, 2.24) is 0 Å². The minimum absolute atomic E-state index is 0.0770. The van der Waals surface area contributed by atoms with Crippen molar-refractivity contribution in [2.24, 2.45) is 0 Å². The van der Waals surface area contributed by atoms with Crippen molar-refractivity contribution in [2.75, 3.05) is 11.1 Å². The normalized spacial score (nSPS) is 10.2. The second-order valence-electron chi connectivity index (χ2n) is 3.76. The first-order valence-corrected chi connectivity index (χ1v) is 5.99. The van der Waals surface area contributed by atoms with Gasteiger partial charge in [-0.3, -0.25) is 10.1 Å². The van der Waals surface area contributed by atoms with Gasteiger partial charge in [0, 0.05) is 11.8 Å². The zero-order valence-corrected chi connectivity index (χ0v) is 11.1. The highest BCUT2D eigenvalue weighted by Crippen LogP contribution is 2.33. The van der Waals surface area contributed by atoms with Gasteiger partial charge in [0.25, 0.3) is 5.69 Å². The number of benzene rings is 2. The standard InChI is InChI=1S/C12H9Cl2N3O2/c13-8-2-1-3-10(12(8)14)16-7-4-5-11(17(18)19)9(15)6-7/h1-6,16H,15H2. The number of nitrogens with zero attached hydrogens (tertiary/aromatic N) is 1. The summed E-state index contributed by atoms with van der Waals surface area (Å²) >= 11 is 11.9. The molecular weight excluding hydrogens is 289 g/mol. The molecule has 0 unspecified atom stereocenters. The Hall–Kier alpha value is -1.98. The number of nitrogens with two attached hydrogens (primary N) is 1. The van der Waals surface area contributed by atoms with E-state index in [9.17, 15) is 10.1 Å². The van der Waals surface area contributed by atoms with Gasteiger partial charge in [-0.15, -0.1) is 0 Å². The molecule has 7 heteroatoms. The van der Waals surface area contributed by atoms with Crippen LogP contribution >= 0.6 is 23.2 Å². The summed E-state index contributed by atoms with van der Waals surface area (Å²) in [4.78, 5) is 10.1. The van der Waals surface area contributed by atoms with Crippen LogP contribution < -0.4 is 11.1 Å². The third kappa shape index (κ3) is 2.89. The Morgan fingerprint density at radius 1 is 1.21 bits per heavy atom. The lowest BCUT2D eigenvalue weighted by atomic mass is 10.2. The van der Waals surface area contributed by atoms with Crippen LogP contribution in [-0.2, 0) is 0 Å². The van der Waals surface area contributed by atoms with Gasteiger partial charge in [-0.25, -0.2) is 0 Å². The summed E-state index contributed by atoms with van der Waals surface area (Å²) in [7, 11) is 0. The van der Waals surface area contributed by atoms with Crippen LogP contribution in [0.4, 0.5) is 22.7 Å². The molecule has 0 aromatic heterocycles. The summed E-state index contributed by atoms with van der Waals surface area (Å²) in [5.41, 5.74) is 6.73. The fourth-order valence-electron chi connectivity index (χ4n) is 1.55. The van der Waals surface area contributed by atoms with Crippen LogP contribution in [0.5, 0.6) is 0 Å². The number of nitrogen functional groups attached to an aromatic ring is 1. The van der Waals surface area contributed by atoms with Crippen LogP contribution in [0.25, 0.3) is 0 Å². The van der Waals surface area contributed by atoms with E-state index in [0.29, 0.717) is 21.4 Å². The first kappa shape index (κ1) is 13.5. The highest BCUT2D eigenvalue weighted by molar-refractivity contribution is 6.43. The molecular formula is C12H9Cl2N3O2. The monoisotopic (exact) mass is 297 g/mol. The maximum atomic E-state index is 10.7. The third-order valence-electron chi connectivity index (χ3n) is 2.45. The molecule has 3 N–H and O–H groups in total. The summed E-state index contributed by atoms with van der Waals surface area (Å²) in [6.45, 7) is 0. The Labute approximate surface area is 119 Å². The average molecular weight is 298 g/mol. The van der Waals surface area contributed by atoms with Crippen molar-refractivity contribution in [1.29, 1.82) is 0 Å². The van der Waals surface area contributed by atoms with Gasteiger partial charge in [-0.1, -0.05) is 29.3 Å². The van der Waals surface area contributed by atoms with Gasteiger partial charge in [0.05, 0.1) is 20.7 Å². The molecule has 0 heterocycles. The smallest absolute Gasteiger partial charge is 0.292 e. The zero-order valence-electron chi connectivity index (χ0n) is 9.56. The van der Waals surface area contributed by atoms with Crippen LogP contribution in [0.3, 0.4) is 0 Å². The Bertz CT molecular complexity index is 647. The van der Waals surface area contributed by atoms with Gasteiger partial charge in [0.2, 0.25) is 0 Å². The summed E-state index contributed by atoms with van der Waals surface area (Å²) in [5.74, 6) is 0. The lowest BCUT2D eigenvalue weighted by Gasteiger charge is -2.09. The summed E-state index contributed by atoms with van der Waals surface area (Å²) in [6, 6.07) is 9.49. The molecule has 2 rings (SSSR count). The number of hydrogen-bond acceptors (Lipinski definition) is 4. The molecule has 19 heavy (non-hydrogen) atoms. The number of nitro benzene ring substituents is 1. The van der Waals surface area contributed by atoms with Crippen LogP contribution in [0.1, 0.15) is 0 Å². The lowest BCUT2D eigenvalue weighted by molar-refractivity contribution is -0.383. The zero-order chi connectivity index (χ0) is 14.0. The first-order valence-electron chi connectivity index (χ1n) is 5.24. The SMILES string of the molecule is Nc1cc(Nc2cccc(Cl)c2Cl)ccc1[N+](=O)[O-]. The highest BCUT2D eigenvalue weighted by atomic mass is 35.5. The molecule has 0 aliphatic carbocycles. The van der Waals surface area contributed by atoms with E-state index < -0.39 is 4.92 Å². The molecule has 0 amide bonds. The number of anilines is 3. The average Bonchev–Trinajstić information content (AvgIpc) is 2.34. The fraction of sp³-hybridized carbons (Fsp3) is 0. The molecule has 0 bridgehead atoms. The molecule has 2 aromatic rings. The summed E-state index contributed by atoms with van der Waals surface area (Å²) < 4.78 is 0. The van der Waals surface area contributed by atoms with E-state index in [0.717, 1.165) is 0 Å². The molecule has 0 saturated carbocycles. The molecule has 0 aliphatic rings. The summed E-state index contributed by atoms with van der Waals surface area (Å²) in [6.07, 6.45) is 0. The Kier molecular flexibility index (Phi) is 3.78. The van der Waals surface area contributed by atoms with Gasteiger partial charge in [-0.05, 0) is 24.3 Å². The molecule has 0 radical (unpaired) electrons. The second-order valence-corrected chi connectivity index (χ2v) is 4.54. The van der Waals surface area contributed by atoms with Gasteiger partial charge in [0.15, 0.2) is 0 Å². The Morgan fingerprint density at radius 3 is 2.58 bits per heavy atom. The Morgan fingerprint density at radius 2 is 1.95 bits per heavy atom. The molecule has 2 aromatic carbocycles. The highest BCUT2D eigenvalue weighted by Gasteiger charge is 2.12. The van der Waals surface area contributed by atoms with Crippen LogP contribution in [0.15, 0.2) is 36.4 Å². The van der Waals surface area contributed by atoms with E-state index in [1.807, 2.05) is 0 Å². The molecule has 0 fully saturated rings. The van der Waals surface area contributed by atoms with Crippen molar-refractivity contribution < 1.29 is 4.92 Å². The van der Waals surface area contributed by atoms with Crippen LogP contribution in [0.2, 0.25) is 10.0 Å². The maximum Gasteiger partial charge on any atom is 0.292 e. The van der Waals surface area contributed by atoms with E-state index in [4.69, 9.17) is 28.9 Å². The van der Waals surface area contributed by atoms with Crippen molar-refractivity contribution in [3.63, 3.8) is 0 Å². The third-order valence-corrected chi connectivity index (χ3v) is 3.27. The molecule has 0 atom stereocenters. The minimum Gasteiger partial charge on any atom is -0.393 e. The number of nitro groups is 1. The largest absolute Gasteiger partial charge is 0.393 e. The molecule has 0 saturated heterocycles. The van der Waals surface area contributed by atoms with E-state index in [1.165, 1.54) is 12.1 Å². The van der Waals surface area contributed by atoms with E-state index in [1.54, 1.807) is 24.3 Å². The van der Waals surface area contributed by atoms with Gasteiger partial charge >= 0.3 is 0 Å². The lowest BCUT2D eigenvalue weighted by Crippen LogP contribution is -1.98. The van der Waals surface area contributed by atoms with E-state index >= 15 is 0 Å². The van der Waals surface area contributed by atoms with Crippen molar-refractivity contribution in [3.8, 4) is 0 Å². The predicted octanol–water partition coefficient (Wildman–Crippen LogP) is 4.23. The van der Waals surface area contributed by atoms with E-state index in [2.05, 4.69) is 5.32 Å². The van der Waals surface area contributed by atoms with Crippen molar-refractivity contribution in [2.45, 2.75) is 0 Å². The fourth-order valence-corrected chi connectivity index (χ4v) is 1.90. The van der Waals surface area contributed by atoms with E-state index in [-0.39, 0.29) is 11.4 Å². The number of hydrogen-bond donors (Lipinski definition) is 2. The molecule has 0 spiro atoms. The van der Waals surface area contributed by atoms with Gasteiger partial charge < -0.3 is 11.1 Å². The van der Waals surface area contributed by atoms with Crippen molar-refractivity contribution in [3.05, 3.63) is 56.6 Å². The number of nitrogens with one attached hydrogen (secondary N) is 1. The summed E-state index contributed by atoms with van der Waals surface area (Å²) in [5, 5.41) is 14.5. The van der Waals surface area contributed by atoms with Gasteiger partial charge in [-0.2, -0.15) is 0 Å². The first-order chi connectivity index (χ1) is 8.99. The Balaban J connectivity index is 2.32. The molecule has 0 aliphatic heterocycles.